The third kappa shape index (κ3) is 4.03. The number of allylic oxidation sites excluding steroid dienone is 1. The average molecular weight is 255 g/mol. The van der Waals surface area contributed by atoms with Crippen molar-refractivity contribution in [2.24, 2.45) is 0 Å². The molecule has 2 unspecified atom stereocenters. The third-order valence-electron chi connectivity index (χ3n) is 3.53. The van der Waals surface area contributed by atoms with E-state index in [4.69, 9.17) is 0 Å². The van der Waals surface area contributed by atoms with Gasteiger partial charge in [0.15, 0.2) is 0 Å². The summed E-state index contributed by atoms with van der Waals surface area (Å²) < 4.78 is 0. The molecule has 3 nitrogen and oxygen atoms in total. The number of aliphatic hydroxyl groups is 1. The van der Waals surface area contributed by atoms with Crippen molar-refractivity contribution in [3.63, 3.8) is 0 Å². The SMILES string of the molecule is O=C(C=C1CCSCC1)NC1CCCCC1O. The van der Waals surface area contributed by atoms with Crippen molar-refractivity contribution in [1.82, 2.24) is 5.32 Å². The first-order valence-corrected chi connectivity index (χ1v) is 7.67. The maximum absolute atomic E-state index is 11.8. The van der Waals surface area contributed by atoms with Crippen molar-refractivity contribution in [3.8, 4) is 0 Å². The van der Waals surface area contributed by atoms with Crippen molar-refractivity contribution in [3.05, 3.63) is 11.6 Å². The number of nitrogens with one attached hydrogen (secondary N) is 1. The van der Waals surface area contributed by atoms with Crippen LogP contribution in [0.25, 0.3) is 0 Å². The van der Waals surface area contributed by atoms with Gasteiger partial charge in [-0.1, -0.05) is 18.4 Å². The number of thioether (sulfide) groups is 1. The maximum Gasteiger partial charge on any atom is 0.244 e. The fraction of sp³-hybridized carbons (Fsp3) is 0.769. The van der Waals surface area contributed by atoms with Crippen molar-refractivity contribution >= 4 is 17.7 Å². The first-order valence-electron chi connectivity index (χ1n) is 6.51. The molecule has 1 aliphatic heterocycles. The Kier molecular flexibility index (Phi) is 4.92. The van der Waals surface area contributed by atoms with Gasteiger partial charge >= 0.3 is 0 Å². The number of aliphatic hydroxyl groups excluding tert-OH is 1. The molecule has 1 saturated carbocycles. The average Bonchev–Trinajstić information content (AvgIpc) is 2.33. The van der Waals surface area contributed by atoms with Crippen LogP contribution in [0.1, 0.15) is 38.5 Å². The van der Waals surface area contributed by atoms with Crippen molar-refractivity contribution in [2.45, 2.75) is 50.7 Å². The van der Waals surface area contributed by atoms with Crippen LogP contribution in [-0.2, 0) is 4.79 Å². The van der Waals surface area contributed by atoms with Gasteiger partial charge in [0.05, 0.1) is 12.1 Å². The fourth-order valence-corrected chi connectivity index (χ4v) is 3.48. The first kappa shape index (κ1) is 13.0. The Morgan fingerprint density at radius 2 is 2.00 bits per heavy atom. The molecule has 0 spiro atoms. The maximum atomic E-state index is 11.8. The summed E-state index contributed by atoms with van der Waals surface area (Å²) in [5.41, 5.74) is 1.26. The highest BCUT2D eigenvalue weighted by atomic mass is 32.2. The van der Waals surface area contributed by atoms with Crippen LogP contribution in [-0.4, -0.2) is 34.7 Å². The van der Waals surface area contributed by atoms with Gasteiger partial charge in [-0.25, -0.2) is 0 Å². The van der Waals surface area contributed by atoms with E-state index in [0.717, 1.165) is 50.0 Å². The Labute approximate surface area is 107 Å². The molecule has 17 heavy (non-hydrogen) atoms. The standard InChI is InChI=1S/C13H21NO2S/c15-12-4-2-1-3-11(12)14-13(16)9-10-5-7-17-8-6-10/h9,11-12,15H,1-8H2,(H,14,16). The summed E-state index contributed by atoms with van der Waals surface area (Å²) in [5, 5.41) is 12.7. The Balaban J connectivity index is 1.83. The molecular formula is C13H21NO2S. The fourth-order valence-electron chi connectivity index (χ4n) is 2.47. The van der Waals surface area contributed by atoms with E-state index in [2.05, 4.69) is 5.32 Å². The second-order valence-corrected chi connectivity index (χ2v) is 6.11. The Hall–Kier alpha value is -0.480. The number of amides is 1. The smallest absolute Gasteiger partial charge is 0.244 e. The van der Waals surface area contributed by atoms with Gasteiger partial charge in [-0.15, -0.1) is 0 Å². The topological polar surface area (TPSA) is 49.3 Å². The first-order chi connectivity index (χ1) is 8.25. The lowest BCUT2D eigenvalue weighted by atomic mass is 9.92. The molecule has 0 aromatic carbocycles. The van der Waals surface area contributed by atoms with E-state index < -0.39 is 0 Å². The van der Waals surface area contributed by atoms with Gasteiger partial charge in [0.2, 0.25) is 5.91 Å². The van der Waals surface area contributed by atoms with E-state index in [0.29, 0.717) is 0 Å². The predicted molar refractivity (Wildman–Crippen MR) is 71.0 cm³/mol. The minimum absolute atomic E-state index is 0.0159. The van der Waals surface area contributed by atoms with Crippen LogP contribution in [0, 0.1) is 0 Å². The molecule has 1 aliphatic carbocycles. The lowest BCUT2D eigenvalue weighted by Crippen LogP contribution is -2.44. The number of hydrogen-bond donors (Lipinski definition) is 2. The van der Waals surface area contributed by atoms with Gasteiger partial charge in [-0.05, 0) is 37.2 Å². The summed E-state index contributed by atoms with van der Waals surface area (Å²) in [4.78, 5) is 11.8. The van der Waals surface area contributed by atoms with Crippen molar-refractivity contribution < 1.29 is 9.90 Å². The summed E-state index contributed by atoms with van der Waals surface area (Å²) >= 11 is 1.95. The minimum atomic E-state index is -0.354. The molecule has 0 aromatic rings. The van der Waals surface area contributed by atoms with Crippen LogP contribution in [0.2, 0.25) is 0 Å². The van der Waals surface area contributed by atoms with Gasteiger partial charge in [-0.2, -0.15) is 11.8 Å². The Morgan fingerprint density at radius 1 is 1.29 bits per heavy atom. The van der Waals surface area contributed by atoms with Crippen LogP contribution in [0.3, 0.4) is 0 Å². The van der Waals surface area contributed by atoms with E-state index in [9.17, 15) is 9.90 Å². The molecule has 1 amide bonds. The quantitative estimate of drug-likeness (QED) is 0.741. The molecule has 2 N–H and O–H groups in total. The minimum Gasteiger partial charge on any atom is -0.391 e. The molecule has 2 atom stereocenters. The highest BCUT2D eigenvalue weighted by Gasteiger charge is 2.23. The van der Waals surface area contributed by atoms with Gasteiger partial charge in [0.1, 0.15) is 0 Å². The zero-order valence-corrected chi connectivity index (χ0v) is 11.0. The number of hydrogen-bond acceptors (Lipinski definition) is 3. The van der Waals surface area contributed by atoms with E-state index in [1.807, 2.05) is 11.8 Å². The molecule has 1 heterocycles. The van der Waals surface area contributed by atoms with Crippen LogP contribution in [0.15, 0.2) is 11.6 Å². The van der Waals surface area contributed by atoms with E-state index in [-0.39, 0.29) is 18.1 Å². The molecule has 0 bridgehead atoms. The zero-order valence-electron chi connectivity index (χ0n) is 10.2. The largest absolute Gasteiger partial charge is 0.391 e. The van der Waals surface area contributed by atoms with Crippen molar-refractivity contribution in [1.29, 1.82) is 0 Å². The highest BCUT2D eigenvalue weighted by molar-refractivity contribution is 7.99. The van der Waals surface area contributed by atoms with Crippen LogP contribution < -0.4 is 5.32 Å². The zero-order chi connectivity index (χ0) is 12.1. The van der Waals surface area contributed by atoms with Gasteiger partial charge in [0, 0.05) is 6.08 Å². The van der Waals surface area contributed by atoms with Crippen LogP contribution in [0.4, 0.5) is 0 Å². The number of rotatable bonds is 2. The summed E-state index contributed by atoms with van der Waals surface area (Å²) in [6.07, 6.45) is 7.37. The molecule has 1 saturated heterocycles. The van der Waals surface area contributed by atoms with Gasteiger partial charge < -0.3 is 10.4 Å². The predicted octanol–water partition coefficient (Wildman–Crippen LogP) is 1.86. The molecule has 2 rings (SSSR count). The second kappa shape index (κ2) is 6.45. The number of carbonyl (C=O) groups is 1. The van der Waals surface area contributed by atoms with Crippen LogP contribution >= 0.6 is 11.8 Å². The van der Waals surface area contributed by atoms with E-state index >= 15 is 0 Å². The number of carbonyl (C=O) groups excluding carboxylic acids is 1. The Bertz CT molecular complexity index is 296. The molecule has 4 heteroatoms. The van der Waals surface area contributed by atoms with E-state index in [1.165, 1.54) is 5.57 Å². The van der Waals surface area contributed by atoms with E-state index in [1.54, 1.807) is 6.08 Å². The molecule has 2 aliphatic rings. The molecule has 96 valence electrons. The summed E-state index contributed by atoms with van der Waals surface area (Å²) in [5.74, 6) is 2.24. The molecular weight excluding hydrogens is 234 g/mol. The van der Waals surface area contributed by atoms with Crippen LogP contribution in [0.5, 0.6) is 0 Å². The monoisotopic (exact) mass is 255 g/mol. The third-order valence-corrected chi connectivity index (χ3v) is 4.51. The molecule has 2 fully saturated rings. The summed E-state index contributed by atoms with van der Waals surface area (Å²) in [7, 11) is 0. The molecule has 0 radical (unpaired) electrons. The Morgan fingerprint density at radius 3 is 2.71 bits per heavy atom. The van der Waals surface area contributed by atoms with Crippen molar-refractivity contribution in [2.75, 3.05) is 11.5 Å². The normalized spacial score (nSPS) is 29.8. The summed E-state index contributed by atoms with van der Waals surface area (Å²) in [6.45, 7) is 0. The van der Waals surface area contributed by atoms with Gasteiger partial charge in [0.25, 0.3) is 0 Å². The molecule has 0 aromatic heterocycles. The second-order valence-electron chi connectivity index (χ2n) is 4.88. The highest BCUT2D eigenvalue weighted by Crippen LogP contribution is 2.22. The van der Waals surface area contributed by atoms with Gasteiger partial charge in [-0.3, -0.25) is 4.79 Å². The lowest BCUT2D eigenvalue weighted by molar-refractivity contribution is -0.118. The summed E-state index contributed by atoms with van der Waals surface area (Å²) in [6, 6.07) is -0.0361. The lowest BCUT2D eigenvalue weighted by Gasteiger charge is -2.28.